The molecule has 1 aromatic carbocycles. The molecule has 0 N–H and O–H groups in total. The molecule has 0 aromatic heterocycles. The highest BCUT2D eigenvalue weighted by molar-refractivity contribution is 6.47. The first-order valence-corrected chi connectivity index (χ1v) is 5.21. The number of benzene rings is 1. The summed E-state index contributed by atoms with van der Waals surface area (Å²) in [5.41, 5.74) is 1.70. The van der Waals surface area contributed by atoms with Crippen molar-refractivity contribution in [2.75, 3.05) is 6.61 Å². The second-order valence-corrected chi connectivity index (χ2v) is 3.59. The van der Waals surface area contributed by atoms with Gasteiger partial charge in [-0.05, 0) is 36.3 Å². The summed E-state index contributed by atoms with van der Waals surface area (Å²) in [6.45, 7) is 2.55. The zero-order valence-electron chi connectivity index (χ0n) is 9.03. The fourth-order valence-electron chi connectivity index (χ4n) is 1.67. The molecule has 0 saturated heterocycles. The van der Waals surface area contributed by atoms with Gasteiger partial charge in [-0.25, -0.2) is 0 Å². The van der Waals surface area contributed by atoms with Crippen LogP contribution in [0.3, 0.4) is 0 Å². The van der Waals surface area contributed by atoms with Gasteiger partial charge in [-0.15, -0.1) is 0 Å². The summed E-state index contributed by atoms with van der Waals surface area (Å²) in [5, 5.41) is 0. The average Bonchev–Trinajstić information content (AvgIpc) is 2.61. The molecule has 0 radical (unpaired) electrons. The molecule has 0 aliphatic heterocycles. The van der Waals surface area contributed by atoms with E-state index in [9.17, 15) is 9.59 Å². The van der Waals surface area contributed by atoms with Crippen molar-refractivity contribution in [3.63, 3.8) is 0 Å². The smallest absolute Gasteiger partial charge is 0.222 e. The lowest BCUT2D eigenvalue weighted by Gasteiger charge is -2.04. The highest BCUT2D eigenvalue weighted by Crippen LogP contribution is 2.25. The van der Waals surface area contributed by atoms with Crippen molar-refractivity contribution >= 4 is 17.1 Å². The molecule has 0 unspecified atom stereocenters. The summed E-state index contributed by atoms with van der Waals surface area (Å²) in [4.78, 5) is 22.2. The Labute approximate surface area is 93.7 Å². The molecule has 0 bridgehead atoms. The van der Waals surface area contributed by atoms with Crippen LogP contribution in [-0.2, 0) is 9.59 Å². The van der Waals surface area contributed by atoms with Crippen molar-refractivity contribution in [2.24, 2.45) is 0 Å². The highest BCUT2D eigenvalue weighted by atomic mass is 16.5. The Balaban J connectivity index is 2.20. The maximum Gasteiger partial charge on any atom is 0.222 e. The molecule has 82 valence electrons. The molecule has 0 spiro atoms. The lowest BCUT2D eigenvalue weighted by Crippen LogP contribution is -2.02. The molecule has 1 aromatic rings. The van der Waals surface area contributed by atoms with E-state index in [2.05, 4.69) is 0 Å². The number of allylic oxidation sites excluding steroid dienone is 2. The lowest BCUT2D eigenvalue weighted by molar-refractivity contribution is -0.132. The molecule has 0 atom stereocenters. The second-order valence-electron chi connectivity index (χ2n) is 3.59. The quantitative estimate of drug-likeness (QED) is 0.726. The molecule has 0 fully saturated rings. The molecule has 1 aliphatic carbocycles. The Hall–Kier alpha value is -1.90. The van der Waals surface area contributed by atoms with Crippen LogP contribution in [0.5, 0.6) is 5.75 Å². The number of carbonyl (C=O) groups is 2. The van der Waals surface area contributed by atoms with E-state index in [-0.39, 0.29) is 12.2 Å². The third kappa shape index (κ3) is 2.03. The molecular formula is C13H12O3. The normalized spacial score (nSPS) is 15.2. The summed E-state index contributed by atoms with van der Waals surface area (Å²) in [6.07, 6.45) is 1.63. The molecule has 0 saturated carbocycles. The Morgan fingerprint density at radius 1 is 1.19 bits per heavy atom. The van der Waals surface area contributed by atoms with Gasteiger partial charge in [0.05, 0.1) is 6.61 Å². The van der Waals surface area contributed by atoms with Gasteiger partial charge >= 0.3 is 0 Å². The van der Waals surface area contributed by atoms with Crippen LogP contribution in [0.2, 0.25) is 0 Å². The van der Waals surface area contributed by atoms with Crippen LogP contribution in [0, 0.1) is 0 Å². The van der Waals surface area contributed by atoms with Gasteiger partial charge in [0.25, 0.3) is 0 Å². The molecule has 0 heterocycles. The van der Waals surface area contributed by atoms with Crippen LogP contribution < -0.4 is 4.74 Å². The van der Waals surface area contributed by atoms with Gasteiger partial charge in [0.1, 0.15) is 5.75 Å². The number of hydrogen-bond donors (Lipinski definition) is 0. The summed E-state index contributed by atoms with van der Waals surface area (Å²) >= 11 is 0. The molecule has 3 heteroatoms. The zero-order chi connectivity index (χ0) is 11.5. The van der Waals surface area contributed by atoms with Gasteiger partial charge in [0.2, 0.25) is 11.6 Å². The van der Waals surface area contributed by atoms with Crippen LogP contribution in [0.1, 0.15) is 18.9 Å². The monoisotopic (exact) mass is 216 g/mol. The van der Waals surface area contributed by atoms with Crippen molar-refractivity contribution < 1.29 is 14.3 Å². The highest BCUT2D eigenvalue weighted by Gasteiger charge is 2.22. The van der Waals surface area contributed by atoms with Crippen molar-refractivity contribution in [1.29, 1.82) is 0 Å². The maximum atomic E-state index is 11.1. The predicted molar refractivity (Wildman–Crippen MR) is 60.2 cm³/mol. The zero-order valence-corrected chi connectivity index (χ0v) is 9.03. The van der Waals surface area contributed by atoms with Crippen molar-refractivity contribution in [1.82, 2.24) is 0 Å². The van der Waals surface area contributed by atoms with Crippen molar-refractivity contribution in [2.45, 2.75) is 13.3 Å². The maximum absolute atomic E-state index is 11.1. The SMILES string of the molecule is CCOc1ccc(C2=CC(=O)C(=O)C2)cc1. The van der Waals surface area contributed by atoms with Crippen LogP contribution in [0.15, 0.2) is 30.3 Å². The van der Waals surface area contributed by atoms with Crippen LogP contribution in [0.4, 0.5) is 0 Å². The van der Waals surface area contributed by atoms with E-state index in [1.807, 2.05) is 31.2 Å². The van der Waals surface area contributed by atoms with E-state index < -0.39 is 5.78 Å². The topological polar surface area (TPSA) is 43.4 Å². The lowest BCUT2D eigenvalue weighted by atomic mass is 10.1. The van der Waals surface area contributed by atoms with Gasteiger partial charge in [-0.2, -0.15) is 0 Å². The molecule has 2 rings (SSSR count). The largest absolute Gasteiger partial charge is 0.494 e. The fourth-order valence-corrected chi connectivity index (χ4v) is 1.67. The first-order chi connectivity index (χ1) is 7.70. The van der Waals surface area contributed by atoms with Gasteiger partial charge in [0, 0.05) is 6.42 Å². The average molecular weight is 216 g/mol. The minimum absolute atomic E-state index is 0.215. The standard InChI is InChI=1S/C13H12O3/c1-2-16-11-5-3-9(4-6-11)10-7-12(14)13(15)8-10/h3-7H,2,8H2,1H3. The minimum Gasteiger partial charge on any atom is -0.494 e. The van der Waals surface area contributed by atoms with Gasteiger partial charge in [-0.3, -0.25) is 9.59 Å². The van der Waals surface area contributed by atoms with Crippen LogP contribution >= 0.6 is 0 Å². The van der Waals surface area contributed by atoms with E-state index in [1.54, 1.807) is 0 Å². The first-order valence-electron chi connectivity index (χ1n) is 5.21. The number of ketones is 2. The number of rotatable bonds is 3. The number of Topliss-reactive ketones (excluding diaryl/α,β-unsaturated/α-hetero) is 1. The van der Waals surface area contributed by atoms with Gasteiger partial charge in [-0.1, -0.05) is 12.1 Å². The van der Waals surface area contributed by atoms with Crippen molar-refractivity contribution in [3.8, 4) is 5.75 Å². The van der Waals surface area contributed by atoms with Gasteiger partial charge < -0.3 is 4.74 Å². The van der Waals surface area contributed by atoms with Crippen LogP contribution in [-0.4, -0.2) is 18.2 Å². The van der Waals surface area contributed by atoms with Gasteiger partial charge in [0.15, 0.2) is 0 Å². The number of hydrogen-bond acceptors (Lipinski definition) is 3. The van der Waals surface area contributed by atoms with Crippen LogP contribution in [0.25, 0.3) is 5.57 Å². The van der Waals surface area contributed by atoms with E-state index >= 15 is 0 Å². The Morgan fingerprint density at radius 3 is 2.38 bits per heavy atom. The first kappa shape index (κ1) is 10.6. The minimum atomic E-state index is -0.399. The molecule has 1 aliphatic rings. The van der Waals surface area contributed by atoms with Crippen molar-refractivity contribution in [3.05, 3.63) is 35.9 Å². The fraction of sp³-hybridized carbons (Fsp3) is 0.231. The Kier molecular flexibility index (Phi) is 2.86. The molecule has 3 nitrogen and oxygen atoms in total. The van der Waals surface area contributed by atoms with E-state index in [1.165, 1.54) is 6.08 Å². The molecule has 16 heavy (non-hydrogen) atoms. The molecule has 0 amide bonds. The number of carbonyl (C=O) groups excluding carboxylic acids is 2. The van der Waals surface area contributed by atoms with E-state index in [0.717, 1.165) is 16.9 Å². The summed E-state index contributed by atoms with van der Waals surface area (Å²) in [5.74, 6) is 0.0651. The third-order valence-corrected chi connectivity index (χ3v) is 2.47. The summed E-state index contributed by atoms with van der Waals surface area (Å²) < 4.78 is 5.31. The molecular weight excluding hydrogens is 204 g/mol. The summed E-state index contributed by atoms with van der Waals surface area (Å²) in [6, 6.07) is 7.41. The van der Waals surface area contributed by atoms with E-state index in [4.69, 9.17) is 4.74 Å². The Morgan fingerprint density at radius 2 is 1.88 bits per heavy atom. The number of ether oxygens (including phenoxy) is 1. The predicted octanol–water partition coefficient (Wildman–Crippen LogP) is 2.01. The van der Waals surface area contributed by atoms with E-state index in [0.29, 0.717) is 6.61 Å². The summed E-state index contributed by atoms with van der Waals surface area (Å²) in [7, 11) is 0. The Bertz CT molecular complexity index is 455. The second kappa shape index (κ2) is 4.31. The third-order valence-electron chi connectivity index (χ3n) is 2.47.